The van der Waals surface area contributed by atoms with E-state index in [1.807, 2.05) is 20.8 Å². The second-order valence-corrected chi connectivity index (χ2v) is 6.38. The van der Waals surface area contributed by atoms with Crippen LogP contribution in [0.5, 0.6) is 0 Å². The van der Waals surface area contributed by atoms with Gasteiger partial charge in [0.05, 0.1) is 23.8 Å². The van der Waals surface area contributed by atoms with E-state index in [1.54, 1.807) is 30.9 Å². The number of rotatable bonds is 4. The molecule has 2 rings (SSSR count). The van der Waals surface area contributed by atoms with E-state index < -0.39 is 0 Å². The molecule has 2 heterocycles. The van der Waals surface area contributed by atoms with Crippen molar-refractivity contribution >= 4 is 17.6 Å². The van der Waals surface area contributed by atoms with E-state index in [1.165, 1.54) is 11.1 Å². The number of nitrogens with one attached hydrogen (secondary N) is 1. The number of nitrogens with zero attached hydrogens (tertiary/aromatic N) is 4. The lowest BCUT2D eigenvalue weighted by atomic mass is 10.1. The smallest absolute Gasteiger partial charge is 0.257 e. The standard InChI is InChI=1S/C15H21N5O3/c1-10-6-12(18-23-10)17-13(21)9-19(5)14(22)11-7-16-20(8-11)15(2,3)4/h6-8H,9H2,1-5H3,(H,17,18,21). The van der Waals surface area contributed by atoms with Crippen LogP contribution < -0.4 is 5.32 Å². The molecule has 0 bridgehead atoms. The summed E-state index contributed by atoms with van der Waals surface area (Å²) < 4.78 is 6.58. The van der Waals surface area contributed by atoms with E-state index in [0.29, 0.717) is 17.1 Å². The number of likely N-dealkylation sites (N-methyl/N-ethyl adjacent to an activating group) is 1. The maximum Gasteiger partial charge on any atom is 0.257 e. The van der Waals surface area contributed by atoms with Crippen LogP contribution >= 0.6 is 0 Å². The molecule has 0 saturated carbocycles. The van der Waals surface area contributed by atoms with Crippen molar-refractivity contribution in [2.24, 2.45) is 0 Å². The van der Waals surface area contributed by atoms with Gasteiger partial charge in [-0.05, 0) is 27.7 Å². The molecular weight excluding hydrogens is 298 g/mol. The molecule has 0 fully saturated rings. The monoisotopic (exact) mass is 319 g/mol. The minimum atomic E-state index is -0.350. The van der Waals surface area contributed by atoms with Gasteiger partial charge in [-0.1, -0.05) is 5.16 Å². The Bertz CT molecular complexity index is 711. The molecule has 2 aromatic rings. The predicted octanol–water partition coefficient (Wildman–Crippen LogP) is 1.65. The Morgan fingerprint density at radius 2 is 2.09 bits per heavy atom. The summed E-state index contributed by atoms with van der Waals surface area (Å²) in [4.78, 5) is 25.6. The van der Waals surface area contributed by atoms with E-state index >= 15 is 0 Å². The first kappa shape index (κ1) is 16.7. The highest BCUT2D eigenvalue weighted by Crippen LogP contribution is 2.14. The Kier molecular flexibility index (Phi) is 4.53. The van der Waals surface area contributed by atoms with Gasteiger partial charge in [-0.2, -0.15) is 5.10 Å². The van der Waals surface area contributed by atoms with E-state index in [9.17, 15) is 9.59 Å². The van der Waals surface area contributed by atoms with Crippen molar-refractivity contribution in [3.63, 3.8) is 0 Å². The van der Waals surface area contributed by atoms with Crippen molar-refractivity contribution in [1.82, 2.24) is 19.8 Å². The fraction of sp³-hybridized carbons (Fsp3) is 0.467. The van der Waals surface area contributed by atoms with Crippen molar-refractivity contribution in [1.29, 1.82) is 0 Å². The van der Waals surface area contributed by atoms with Crippen LogP contribution in [0.2, 0.25) is 0 Å². The molecule has 2 aromatic heterocycles. The minimum absolute atomic E-state index is 0.0918. The van der Waals surface area contributed by atoms with Crippen LogP contribution in [0.3, 0.4) is 0 Å². The van der Waals surface area contributed by atoms with Crippen molar-refractivity contribution in [2.45, 2.75) is 33.2 Å². The van der Waals surface area contributed by atoms with Gasteiger partial charge in [0.15, 0.2) is 5.82 Å². The summed E-state index contributed by atoms with van der Waals surface area (Å²) in [6.07, 6.45) is 3.18. The van der Waals surface area contributed by atoms with Gasteiger partial charge >= 0.3 is 0 Å². The highest BCUT2D eigenvalue weighted by atomic mass is 16.5. The average molecular weight is 319 g/mol. The number of hydrogen-bond acceptors (Lipinski definition) is 5. The second-order valence-electron chi connectivity index (χ2n) is 6.38. The zero-order valence-corrected chi connectivity index (χ0v) is 14.0. The summed E-state index contributed by atoms with van der Waals surface area (Å²) in [6, 6.07) is 1.60. The third kappa shape index (κ3) is 4.18. The topological polar surface area (TPSA) is 93.3 Å². The minimum Gasteiger partial charge on any atom is -0.360 e. The molecule has 0 aliphatic rings. The summed E-state index contributed by atoms with van der Waals surface area (Å²) in [7, 11) is 1.56. The van der Waals surface area contributed by atoms with Gasteiger partial charge in [-0.3, -0.25) is 14.3 Å². The maximum absolute atomic E-state index is 12.3. The first-order chi connectivity index (χ1) is 10.7. The Labute approximate surface area is 134 Å². The summed E-state index contributed by atoms with van der Waals surface area (Å²) in [5.41, 5.74) is 0.228. The predicted molar refractivity (Wildman–Crippen MR) is 84.1 cm³/mol. The molecule has 0 aliphatic carbocycles. The van der Waals surface area contributed by atoms with Crippen LogP contribution in [0.1, 0.15) is 36.9 Å². The van der Waals surface area contributed by atoms with E-state index in [0.717, 1.165) is 0 Å². The third-order valence-electron chi connectivity index (χ3n) is 3.14. The molecule has 2 amide bonds. The number of aryl methyl sites for hydroxylation is 1. The Morgan fingerprint density at radius 3 is 2.61 bits per heavy atom. The molecule has 8 nitrogen and oxygen atoms in total. The molecule has 0 aromatic carbocycles. The van der Waals surface area contributed by atoms with Crippen LogP contribution in [0.15, 0.2) is 23.0 Å². The van der Waals surface area contributed by atoms with Gasteiger partial charge < -0.3 is 14.7 Å². The van der Waals surface area contributed by atoms with E-state index in [4.69, 9.17) is 4.52 Å². The van der Waals surface area contributed by atoms with Gasteiger partial charge in [0.25, 0.3) is 5.91 Å². The first-order valence-corrected chi connectivity index (χ1v) is 7.20. The Morgan fingerprint density at radius 1 is 1.39 bits per heavy atom. The molecule has 23 heavy (non-hydrogen) atoms. The van der Waals surface area contributed by atoms with E-state index in [-0.39, 0.29) is 23.9 Å². The number of hydrogen-bond donors (Lipinski definition) is 1. The fourth-order valence-electron chi connectivity index (χ4n) is 1.92. The Hall–Kier alpha value is -2.64. The highest BCUT2D eigenvalue weighted by Gasteiger charge is 2.20. The lowest BCUT2D eigenvalue weighted by Crippen LogP contribution is -2.35. The normalized spacial score (nSPS) is 11.3. The van der Waals surface area contributed by atoms with Crippen LogP contribution in [-0.4, -0.2) is 45.2 Å². The van der Waals surface area contributed by atoms with Crippen LogP contribution in [0, 0.1) is 6.92 Å². The molecule has 0 saturated heterocycles. The average Bonchev–Trinajstić information content (AvgIpc) is 3.06. The van der Waals surface area contributed by atoms with Crippen molar-refractivity contribution in [3.05, 3.63) is 29.8 Å². The van der Waals surface area contributed by atoms with Gasteiger partial charge in [-0.25, -0.2) is 0 Å². The van der Waals surface area contributed by atoms with Gasteiger partial charge in [0.2, 0.25) is 5.91 Å². The third-order valence-corrected chi connectivity index (χ3v) is 3.14. The molecule has 124 valence electrons. The van der Waals surface area contributed by atoms with E-state index in [2.05, 4.69) is 15.6 Å². The van der Waals surface area contributed by atoms with Gasteiger partial charge in [-0.15, -0.1) is 0 Å². The zero-order valence-electron chi connectivity index (χ0n) is 14.0. The van der Waals surface area contributed by atoms with Crippen LogP contribution in [-0.2, 0) is 10.3 Å². The molecule has 0 aliphatic heterocycles. The number of carbonyl (C=O) groups is 2. The molecule has 1 N–H and O–H groups in total. The largest absolute Gasteiger partial charge is 0.360 e. The molecule has 0 atom stereocenters. The number of anilines is 1. The second kappa shape index (κ2) is 6.23. The molecule has 8 heteroatoms. The number of aromatic nitrogens is 3. The SMILES string of the molecule is Cc1cc(NC(=O)CN(C)C(=O)c2cnn(C(C)(C)C)c2)no1. The van der Waals surface area contributed by atoms with Gasteiger partial charge in [0.1, 0.15) is 5.76 Å². The van der Waals surface area contributed by atoms with Crippen LogP contribution in [0.25, 0.3) is 0 Å². The molecule has 0 unspecified atom stereocenters. The van der Waals surface area contributed by atoms with Crippen molar-refractivity contribution in [3.8, 4) is 0 Å². The van der Waals surface area contributed by atoms with Gasteiger partial charge in [0, 0.05) is 19.3 Å². The maximum atomic E-state index is 12.3. The molecular formula is C15H21N5O3. The number of carbonyl (C=O) groups excluding carboxylic acids is 2. The lowest BCUT2D eigenvalue weighted by Gasteiger charge is -2.19. The van der Waals surface area contributed by atoms with Crippen molar-refractivity contribution < 1.29 is 14.1 Å². The van der Waals surface area contributed by atoms with Crippen LogP contribution in [0.4, 0.5) is 5.82 Å². The lowest BCUT2D eigenvalue weighted by molar-refractivity contribution is -0.116. The number of amides is 2. The Balaban J connectivity index is 1.97. The molecule has 0 radical (unpaired) electrons. The zero-order chi connectivity index (χ0) is 17.2. The fourth-order valence-corrected chi connectivity index (χ4v) is 1.92. The molecule has 0 spiro atoms. The summed E-state index contributed by atoms with van der Waals surface area (Å²) in [5.74, 6) is 0.303. The van der Waals surface area contributed by atoms with Crippen molar-refractivity contribution in [2.75, 3.05) is 18.9 Å². The first-order valence-electron chi connectivity index (χ1n) is 7.20. The summed E-state index contributed by atoms with van der Waals surface area (Å²) >= 11 is 0. The quantitative estimate of drug-likeness (QED) is 0.924. The summed E-state index contributed by atoms with van der Waals surface area (Å²) in [5, 5.41) is 10.4. The highest BCUT2D eigenvalue weighted by molar-refractivity contribution is 5.98. The summed E-state index contributed by atoms with van der Waals surface area (Å²) in [6.45, 7) is 7.61.